The smallest absolute Gasteiger partial charge is 0.410 e. The highest BCUT2D eigenvalue weighted by molar-refractivity contribution is 5.75. The van der Waals surface area contributed by atoms with E-state index >= 15 is 0 Å². The number of carbonyl (C=O) groups is 2. The van der Waals surface area contributed by atoms with Crippen LogP contribution in [0.4, 0.5) is 10.6 Å². The molecule has 3 atom stereocenters. The summed E-state index contributed by atoms with van der Waals surface area (Å²) < 4.78 is 10.8. The van der Waals surface area contributed by atoms with Gasteiger partial charge in [-0.25, -0.2) is 4.79 Å². The molecular formula is C19H31N3O5. The standard InChI is InChI=1S/C19H31N3O5/c1-11(2)16(17(23)24)14-8-15(20-27-14)21-9-13(4)22(10-12(21)3)18(25)26-19(5,6)7/h8,11-13,16H,9-10H2,1-7H3,(H,23,24)/t12-,13+,16?/m0/s1. The Bertz CT molecular complexity index is 679. The largest absolute Gasteiger partial charge is 0.481 e. The molecule has 8 nitrogen and oxygen atoms in total. The molecule has 0 aliphatic carbocycles. The van der Waals surface area contributed by atoms with Gasteiger partial charge in [-0.2, -0.15) is 0 Å². The summed E-state index contributed by atoms with van der Waals surface area (Å²) in [5, 5.41) is 13.5. The maximum atomic E-state index is 12.4. The molecule has 1 aromatic heterocycles. The monoisotopic (exact) mass is 381 g/mol. The summed E-state index contributed by atoms with van der Waals surface area (Å²) in [7, 11) is 0. The summed E-state index contributed by atoms with van der Waals surface area (Å²) >= 11 is 0. The molecule has 0 bridgehead atoms. The van der Waals surface area contributed by atoms with Crippen molar-refractivity contribution in [2.24, 2.45) is 5.92 Å². The normalized spacial score (nSPS) is 22.1. The average molecular weight is 381 g/mol. The van der Waals surface area contributed by atoms with Gasteiger partial charge in [0.25, 0.3) is 0 Å². The minimum atomic E-state index is -0.927. The van der Waals surface area contributed by atoms with Gasteiger partial charge in [-0.1, -0.05) is 19.0 Å². The summed E-state index contributed by atoms with van der Waals surface area (Å²) in [6.45, 7) is 14.2. The van der Waals surface area contributed by atoms with Gasteiger partial charge in [-0.3, -0.25) is 4.79 Å². The lowest BCUT2D eigenvalue weighted by atomic mass is 9.93. The Hall–Kier alpha value is -2.25. The van der Waals surface area contributed by atoms with Crippen molar-refractivity contribution in [1.82, 2.24) is 10.1 Å². The molecule has 1 amide bonds. The third-order valence-corrected chi connectivity index (χ3v) is 4.66. The van der Waals surface area contributed by atoms with E-state index in [1.807, 2.05) is 53.4 Å². The fraction of sp³-hybridized carbons (Fsp3) is 0.737. The van der Waals surface area contributed by atoms with Crippen LogP contribution in [0.25, 0.3) is 0 Å². The van der Waals surface area contributed by atoms with Crippen LogP contribution in [0.5, 0.6) is 0 Å². The van der Waals surface area contributed by atoms with Gasteiger partial charge in [0.05, 0.1) is 0 Å². The lowest BCUT2D eigenvalue weighted by Crippen LogP contribution is -2.59. The maximum absolute atomic E-state index is 12.4. The zero-order valence-electron chi connectivity index (χ0n) is 17.2. The van der Waals surface area contributed by atoms with Gasteiger partial charge in [0, 0.05) is 31.2 Å². The zero-order chi connectivity index (χ0) is 20.5. The fourth-order valence-electron chi connectivity index (χ4n) is 3.32. The number of piperazine rings is 1. The number of rotatable bonds is 4. The van der Waals surface area contributed by atoms with E-state index in [1.54, 1.807) is 11.0 Å². The van der Waals surface area contributed by atoms with E-state index in [2.05, 4.69) is 5.16 Å². The summed E-state index contributed by atoms with van der Waals surface area (Å²) in [6, 6.07) is 1.62. The number of carbonyl (C=O) groups excluding carboxylic acids is 1. The third kappa shape index (κ3) is 4.93. The van der Waals surface area contributed by atoms with Crippen molar-refractivity contribution in [3.63, 3.8) is 0 Å². The van der Waals surface area contributed by atoms with Crippen LogP contribution >= 0.6 is 0 Å². The molecule has 27 heavy (non-hydrogen) atoms. The van der Waals surface area contributed by atoms with Crippen LogP contribution in [0.3, 0.4) is 0 Å². The molecule has 152 valence electrons. The van der Waals surface area contributed by atoms with E-state index < -0.39 is 17.5 Å². The van der Waals surface area contributed by atoms with E-state index in [0.717, 1.165) is 0 Å². The van der Waals surface area contributed by atoms with Crippen LogP contribution in [-0.2, 0) is 9.53 Å². The Balaban J connectivity index is 2.14. The molecule has 0 spiro atoms. The molecule has 1 saturated heterocycles. The van der Waals surface area contributed by atoms with Crippen LogP contribution in [0, 0.1) is 5.92 Å². The number of carboxylic acids is 1. The number of aliphatic carboxylic acids is 1. The quantitative estimate of drug-likeness (QED) is 0.854. The molecule has 0 aromatic carbocycles. The average Bonchev–Trinajstić information content (AvgIpc) is 2.95. The molecule has 2 rings (SSSR count). The predicted molar refractivity (Wildman–Crippen MR) is 101 cm³/mol. The summed E-state index contributed by atoms with van der Waals surface area (Å²) in [5.41, 5.74) is -0.541. The number of nitrogens with zero attached hydrogens (tertiary/aromatic N) is 3. The van der Waals surface area contributed by atoms with Gasteiger partial charge in [0.2, 0.25) is 0 Å². The van der Waals surface area contributed by atoms with Crippen molar-refractivity contribution in [2.45, 2.75) is 72.1 Å². The first-order valence-electron chi connectivity index (χ1n) is 9.36. The van der Waals surface area contributed by atoms with Crippen molar-refractivity contribution < 1.29 is 24.0 Å². The molecule has 0 radical (unpaired) electrons. The van der Waals surface area contributed by atoms with E-state index in [4.69, 9.17) is 9.26 Å². The Labute approximate surface area is 160 Å². The minimum absolute atomic E-state index is 0.00556. The molecular weight excluding hydrogens is 350 g/mol. The molecule has 1 fully saturated rings. The lowest BCUT2D eigenvalue weighted by molar-refractivity contribution is -0.140. The number of hydrogen-bond donors (Lipinski definition) is 1. The molecule has 1 N–H and O–H groups in total. The second-order valence-electron chi connectivity index (χ2n) is 8.63. The summed E-state index contributed by atoms with van der Waals surface area (Å²) in [5.74, 6) is -0.823. The first kappa shape index (κ1) is 21.1. The maximum Gasteiger partial charge on any atom is 0.410 e. The van der Waals surface area contributed by atoms with E-state index in [0.29, 0.717) is 24.7 Å². The second-order valence-corrected chi connectivity index (χ2v) is 8.63. The van der Waals surface area contributed by atoms with Crippen molar-refractivity contribution in [3.8, 4) is 0 Å². The molecule has 1 aliphatic heterocycles. The Morgan fingerprint density at radius 1 is 1.26 bits per heavy atom. The van der Waals surface area contributed by atoms with Gasteiger partial charge in [-0.15, -0.1) is 0 Å². The molecule has 1 unspecified atom stereocenters. The van der Waals surface area contributed by atoms with Gasteiger partial charge in [0.15, 0.2) is 11.6 Å². The SMILES string of the molecule is CC(C)C(C(=O)O)c1cc(N2C[C@@H](C)N(C(=O)OC(C)(C)C)C[C@@H]2C)no1. The third-order valence-electron chi connectivity index (χ3n) is 4.66. The number of ether oxygens (including phenoxy) is 1. The van der Waals surface area contributed by atoms with Crippen LogP contribution in [-0.4, -0.2) is 58.0 Å². The Morgan fingerprint density at radius 2 is 1.89 bits per heavy atom. The van der Waals surface area contributed by atoms with Crippen molar-refractivity contribution in [2.75, 3.05) is 18.0 Å². The van der Waals surface area contributed by atoms with E-state index in [1.165, 1.54) is 0 Å². The van der Waals surface area contributed by atoms with Gasteiger partial charge >= 0.3 is 12.1 Å². The van der Waals surface area contributed by atoms with Crippen molar-refractivity contribution in [3.05, 3.63) is 11.8 Å². The van der Waals surface area contributed by atoms with Gasteiger partial charge < -0.3 is 24.2 Å². The van der Waals surface area contributed by atoms with E-state index in [9.17, 15) is 14.7 Å². The lowest BCUT2D eigenvalue weighted by Gasteiger charge is -2.44. The molecule has 1 aliphatic rings. The van der Waals surface area contributed by atoms with Gasteiger partial charge in [0.1, 0.15) is 11.5 Å². The molecule has 0 saturated carbocycles. The summed E-state index contributed by atoms with van der Waals surface area (Å²) in [6.07, 6.45) is -0.326. The second kappa shape index (κ2) is 7.78. The number of amides is 1. The zero-order valence-corrected chi connectivity index (χ0v) is 17.2. The Kier molecular flexibility index (Phi) is 6.07. The van der Waals surface area contributed by atoms with Gasteiger partial charge in [-0.05, 0) is 40.5 Å². The predicted octanol–water partition coefficient (Wildman–Crippen LogP) is 3.33. The summed E-state index contributed by atoms with van der Waals surface area (Å²) in [4.78, 5) is 27.7. The molecule has 1 aromatic rings. The van der Waals surface area contributed by atoms with E-state index in [-0.39, 0.29) is 24.1 Å². The Morgan fingerprint density at radius 3 is 2.41 bits per heavy atom. The van der Waals surface area contributed by atoms with Crippen LogP contribution in [0.1, 0.15) is 60.1 Å². The van der Waals surface area contributed by atoms with Crippen molar-refractivity contribution >= 4 is 17.9 Å². The number of hydrogen-bond acceptors (Lipinski definition) is 6. The highest BCUT2D eigenvalue weighted by Crippen LogP contribution is 2.30. The minimum Gasteiger partial charge on any atom is -0.481 e. The highest BCUT2D eigenvalue weighted by atomic mass is 16.6. The van der Waals surface area contributed by atoms with Crippen LogP contribution < -0.4 is 4.90 Å². The number of aromatic nitrogens is 1. The first-order chi connectivity index (χ1) is 12.4. The van der Waals surface area contributed by atoms with Crippen LogP contribution in [0.2, 0.25) is 0 Å². The number of carboxylic acid groups (broad SMARTS) is 1. The first-order valence-corrected chi connectivity index (χ1v) is 9.36. The highest BCUT2D eigenvalue weighted by Gasteiger charge is 2.36. The van der Waals surface area contributed by atoms with Crippen molar-refractivity contribution in [1.29, 1.82) is 0 Å². The number of anilines is 1. The topological polar surface area (TPSA) is 96.1 Å². The van der Waals surface area contributed by atoms with Crippen LogP contribution in [0.15, 0.2) is 10.6 Å². The molecule has 2 heterocycles. The molecule has 8 heteroatoms. The fourth-order valence-corrected chi connectivity index (χ4v) is 3.32.